The largest absolute Gasteiger partial charge is 0.313 e. The summed E-state index contributed by atoms with van der Waals surface area (Å²) in [6.07, 6.45) is 3.94. The van der Waals surface area contributed by atoms with E-state index in [-0.39, 0.29) is 0 Å². The monoisotopic (exact) mass is 294 g/mol. The van der Waals surface area contributed by atoms with Crippen molar-refractivity contribution in [1.82, 2.24) is 10.2 Å². The van der Waals surface area contributed by atoms with Crippen molar-refractivity contribution in [1.29, 1.82) is 0 Å². The first-order valence-electron chi connectivity index (χ1n) is 7.77. The Morgan fingerprint density at radius 1 is 1.30 bits per heavy atom. The molecule has 112 valence electrons. The molecule has 2 rings (SSSR count). The Morgan fingerprint density at radius 3 is 2.55 bits per heavy atom. The average Bonchev–Trinajstić information content (AvgIpc) is 3.23. The van der Waals surface area contributed by atoms with Crippen LogP contribution in [-0.2, 0) is 0 Å². The van der Waals surface area contributed by atoms with E-state index in [1.165, 1.54) is 24.9 Å². The lowest BCUT2D eigenvalue weighted by Crippen LogP contribution is -2.35. The van der Waals surface area contributed by atoms with Crippen LogP contribution in [0.25, 0.3) is 0 Å². The molecule has 0 aliphatic heterocycles. The molecule has 1 aliphatic carbocycles. The standard InChI is InChI=1S/C17H27ClN2/c1-13(2)20(12-14-8-9-14)11-10-17(19-3)15-6-4-5-7-16(15)18/h4-7,13-14,17,19H,8-12H2,1-3H3. The summed E-state index contributed by atoms with van der Waals surface area (Å²) < 4.78 is 0. The van der Waals surface area contributed by atoms with Gasteiger partial charge in [0.05, 0.1) is 0 Å². The van der Waals surface area contributed by atoms with Crippen molar-refractivity contribution < 1.29 is 0 Å². The van der Waals surface area contributed by atoms with Crippen LogP contribution in [0.4, 0.5) is 0 Å². The van der Waals surface area contributed by atoms with E-state index in [0.717, 1.165) is 23.9 Å². The van der Waals surface area contributed by atoms with E-state index in [1.54, 1.807) is 0 Å². The average molecular weight is 295 g/mol. The van der Waals surface area contributed by atoms with Gasteiger partial charge in [0.15, 0.2) is 0 Å². The van der Waals surface area contributed by atoms with Gasteiger partial charge in [-0.15, -0.1) is 0 Å². The van der Waals surface area contributed by atoms with E-state index in [0.29, 0.717) is 12.1 Å². The highest BCUT2D eigenvalue weighted by atomic mass is 35.5. The summed E-state index contributed by atoms with van der Waals surface area (Å²) in [4.78, 5) is 2.61. The Kier molecular flexibility index (Phi) is 5.88. The zero-order chi connectivity index (χ0) is 14.5. The molecule has 3 heteroatoms. The molecular formula is C17H27ClN2. The summed E-state index contributed by atoms with van der Waals surface area (Å²) in [5.74, 6) is 0.950. The summed E-state index contributed by atoms with van der Waals surface area (Å²) in [5.41, 5.74) is 1.21. The first-order valence-corrected chi connectivity index (χ1v) is 8.15. The quantitative estimate of drug-likeness (QED) is 0.776. The Labute approximate surface area is 128 Å². The number of nitrogens with zero attached hydrogens (tertiary/aromatic N) is 1. The van der Waals surface area contributed by atoms with E-state index in [9.17, 15) is 0 Å². The maximum atomic E-state index is 6.32. The SMILES string of the molecule is CNC(CCN(CC1CC1)C(C)C)c1ccccc1Cl. The van der Waals surface area contributed by atoms with Crippen LogP contribution >= 0.6 is 11.6 Å². The van der Waals surface area contributed by atoms with Gasteiger partial charge in [0.25, 0.3) is 0 Å². The van der Waals surface area contributed by atoms with Crippen molar-refractivity contribution in [2.75, 3.05) is 20.1 Å². The fourth-order valence-electron chi connectivity index (χ4n) is 2.70. The second kappa shape index (κ2) is 7.44. The van der Waals surface area contributed by atoms with E-state index in [1.807, 2.05) is 19.2 Å². The minimum absolute atomic E-state index is 0.337. The van der Waals surface area contributed by atoms with Crippen molar-refractivity contribution in [2.24, 2.45) is 5.92 Å². The van der Waals surface area contributed by atoms with E-state index in [2.05, 4.69) is 36.2 Å². The molecule has 1 aromatic carbocycles. The second-order valence-corrected chi connectivity index (χ2v) is 6.59. The Hall–Kier alpha value is -0.570. The molecule has 0 radical (unpaired) electrons. The highest BCUT2D eigenvalue weighted by molar-refractivity contribution is 6.31. The molecule has 0 saturated heterocycles. The summed E-state index contributed by atoms with van der Waals surface area (Å²) in [6.45, 7) is 6.99. The fraction of sp³-hybridized carbons (Fsp3) is 0.647. The van der Waals surface area contributed by atoms with E-state index < -0.39 is 0 Å². The summed E-state index contributed by atoms with van der Waals surface area (Å²) in [5, 5.41) is 4.28. The lowest BCUT2D eigenvalue weighted by Gasteiger charge is -2.29. The van der Waals surface area contributed by atoms with Gasteiger partial charge >= 0.3 is 0 Å². The molecule has 1 aliphatic rings. The number of nitrogens with one attached hydrogen (secondary N) is 1. The molecule has 1 fully saturated rings. The zero-order valence-corrected chi connectivity index (χ0v) is 13.7. The Morgan fingerprint density at radius 2 is 2.00 bits per heavy atom. The van der Waals surface area contributed by atoms with Crippen molar-refractivity contribution in [3.05, 3.63) is 34.9 Å². The van der Waals surface area contributed by atoms with E-state index in [4.69, 9.17) is 11.6 Å². The van der Waals surface area contributed by atoms with Gasteiger partial charge in [-0.1, -0.05) is 29.8 Å². The fourth-order valence-corrected chi connectivity index (χ4v) is 2.97. The van der Waals surface area contributed by atoms with Crippen molar-refractivity contribution in [2.45, 2.75) is 45.2 Å². The molecule has 1 saturated carbocycles. The van der Waals surface area contributed by atoms with Crippen molar-refractivity contribution in [3.8, 4) is 0 Å². The lowest BCUT2D eigenvalue weighted by atomic mass is 10.0. The smallest absolute Gasteiger partial charge is 0.0453 e. The van der Waals surface area contributed by atoms with Gasteiger partial charge in [-0.2, -0.15) is 0 Å². The Balaban J connectivity index is 1.93. The van der Waals surface area contributed by atoms with Crippen LogP contribution in [0.15, 0.2) is 24.3 Å². The van der Waals surface area contributed by atoms with Crippen molar-refractivity contribution in [3.63, 3.8) is 0 Å². The van der Waals surface area contributed by atoms with Crippen LogP contribution in [0.3, 0.4) is 0 Å². The first-order chi connectivity index (χ1) is 9.61. The summed E-state index contributed by atoms with van der Waals surface area (Å²) in [7, 11) is 2.02. The highest BCUT2D eigenvalue weighted by Crippen LogP contribution is 2.31. The maximum Gasteiger partial charge on any atom is 0.0453 e. The molecule has 1 atom stereocenters. The molecule has 0 aromatic heterocycles. The number of hydrogen-bond acceptors (Lipinski definition) is 2. The minimum atomic E-state index is 0.337. The predicted octanol–water partition coefficient (Wildman–Crippen LogP) is 4.11. The van der Waals surface area contributed by atoms with E-state index >= 15 is 0 Å². The van der Waals surface area contributed by atoms with Crippen LogP contribution < -0.4 is 5.32 Å². The van der Waals surface area contributed by atoms with Crippen LogP contribution in [0.5, 0.6) is 0 Å². The number of hydrogen-bond donors (Lipinski definition) is 1. The van der Waals surface area contributed by atoms with Gasteiger partial charge in [0, 0.05) is 30.2 Å². The maximum absolute atomic E-state index is 6.32. The van der Waals surface area contributed by atoms with Gasteiger partial charge in [0.2, 0.25) is 0 Å². The summed E-state index contributed by atoms with van der Waals surface area (Å²) in [6, 6.07) is 9.13. The van der Waals surface area contributed by atoms with Crippen LogP contribution in [0, 0.1) is 5.92 Å². The molecule has 1 aromatic rings. The molecule has 0 spiro atoms. The highest BCUT2D eigenvalue weighted by Gasteiger charge is 2.25. The molecule has 1 N–H and O–H groups in total. The van der Waals surface area contributed by atoms with Crippen LogP contribution in [0.2, 0.25) is 5.02 Å². The number of rotatable bonds is 8. The molecule has 1 unspecified atom stereocenters. The lowest BCUT2D eigenvalue weighted by molar-refractivity contribution is 0.202. The zero-order valence-electron chi connectivity index (χ0n) is 12.9. The third-order valence-corrected chi connectivity index (χ3v) is 4.60. The Bertz CT molecular complexity index is 415. The molecule has 20 heavy (non-hydrogen) atoms. The second-order valence-electron chi connectivity index (χ2n) is 6.18. The third kappa shape index (κ3) is 4.47. The minimum Gasteiger partial charge on any atom is -0.313 e. The van der Waals surface area contributed by atoms with Gasteiger partial charge in [0.1, 0.15) is 0 Å². The van der Waals surface area contributed by atoms with Crippen LogP contribution in [0.1, 0.15) is 44.7 Å². The first kappa shape index (κ1) is 15.8. The van der Waals surface area contributed by atoms with Gasteiger partial charge < -0.3 is 10.2 Å². The van der Waals surface area contributed by atoms with Crippen LogP contribution in [-0.4, -0.2) is 31.1 Å². The number of halogens is 1. The van der Waals surface area contributed by atoms with Gasteiger partial charge in [-0.25, -0.2) is 0 Å². The van der Waals surface area contributed by atoms with Gasteiger partial charge in [-0.05, 0) is 57.7 Å². The summed E-state index contributed by atoms with van der Waals surface area (Å²) >= 11 is 6.32. The predicted molar refractivity (Wildman–Crippen MR) is 87.3 cm³/mol. The molecule has 0 heterocycles. The van der Waals surface area contributed by atoms with Gasteiger partial charge in [-0.3, -0.25) is 0 Å². The molecule has 0 amide bonds. The molecule has 0 bridgehead atoms. The molecule has 2 nitrogen and oxygen atoms in total. The molecular weight excluding hydrogens is 268 g/mol. The van der Waals surface area contributed by atoms with Crippen molar-refractivity contribution >= 4 is 11.6 Å². The third-order valence-electron chi connectivity index (χ3n) is 4.25. The topological polar surface area (TPSA) is 15.3 Å². The normalized spacial score (nSPS) is 16.9. The number of benzene rings is 1.